The molecular weight excluding hydrogens is 569 g/mol. The number of rotatable bonds is 6. The quantitative estimate of drug-likeness (QED) is 0.429. The van der Waals surface area contributed by atoms with Crippen LogP contribution < -0.4 is 14.9 Å². The lowest BCUT2D eigenvalue weighted by atomic mass is 10.0. The van der Waals surface area contributed by atoms with Gasteiger partial charge in [0.1, 0.15) is 15.7 Å². The standard InChI is InChI=1S/C28H36N4O5S3/c1-28(2,3)31-40(36,37)23-12-11-22(20-9-5-6-10-21(20)23)24-25(32-15-7-4-8-16-32)30-27(38-24)26(33)29-19-13-17-39(34,35)18-14-19/h5-6,9-12,19,31H,4,7-8,13-18H2,1-3H3,(H,29,33). The molecule has 0 aliphatic carbocycles. The summed E-state index contributed by atoms with van der Waals surface area (Å²) < 4.78 is 53.1. The summed E-state index contributed by atoms with van der Waals surface area (Å²) in [5.41, 5.74) is 0.189. The number of hydrogen-bond donors (Lipinski definition) is 2. The predicted octanol–water partition coefficient (Wildman–Crippen LogP) is 4.34. The zero-order chi connectivity index (χ0) is 28.7. The van der Waals surface area contributed by atoms with E-state index >= 15 is 0 Å². The zero-order valence-electron chi connectivity index (χ0n) is 23.1. The second kappa shape index (κ2) is 11.0. The Morgan fingerprint density at radius 3 is 2.30 bits per heavy atom. The zero-order valence-corrected chi connectivity index (χ0v) is 25.5. The molecule has 2 saturated heterocycles. The number of piperidine rings is 1. The lowest BCUT2D eigenvalue weighted by molar-refractivity contribution is 0.0934. The minimum Gasteiger partial charge on any atom is -0.355 e. The molecule has 216 valence electrons. The van der Waals surface area contributed by atoms with E-state index in [0.717, 1.165) is 54.0 Å². The molecule has 2 fully saturated rings. The summed E-state index contributed by atoms with van der Waals surface area (Å²) in [6.07, 6.45) is 4.00. The average molecular weight is 605 g/mol. The third-order valence-electron chi connectivity index (χ3n) is 7.21. The SMILES string of the molecule is CC(C)(C)NS(=O)(=O)c1ccc(-c2sc(C(=O)NC3CCS(=O)(=O)CC3)nc2N2CCCCC2)c2ccccc12. The second-order valence-electron chi connectivity index (χ2n) is 11.6. The maximum atomic E-state index is 13.3. The summed E-state index contributed by atoms with van der Waals surface area (Å²) >= 11 is 1.29. The number of nitrogens with zero attached hydrogens (tertiary/aromatic N) is 2. The molecular formula is C28H36N4O5S3. The van der Waals surface area contributed by atoms with Crippen molar-refractivity contribution in [3.8, 4) is 10.4 Å². The Bertz CT molecular complexity index is 1620. The number of carbonyl (C=O) groups excluding carboxylic acids is 1. The molecule has 0 unspecified atom stereocenters. The summed E-state index contributed by atoms with van der Waals surface area (Å²) in [7, 11) is -6.82. The Labute approximate surface area is 240 Å². The number of sulfonamides is 1. The van der Waals surface area contributed by atoms with Crippen LogP contribution in [0.2, 0.25) is 0 Å². The molecule has 0 spiro atoms. The number of fused-ring (bicyclic) bond motifs is 1. The molecule has 9 nitrogen and oxygen atoms in total. The normalized spacial score (nSPS) is 18.6. The highest BCUT2D eigenvalue weighted by molar-refractivity contribution is 7.91. The van der Waals surface area contributed by atoms with E-state index in [0.29, 0.717) is 23.2 Å². The molecule has 2 aliphatic heterocycles. The van der Waals surface area contributed by atoms with Crippen molar-refractivity contribution in [2.75, 3.05) is 29.5 Å². The van der Waals surface area contributed by atoms with Gasteiger partial charge in [-0.2, -0.15) is 0 Å². The monoisotopic (exact) mass is 604 g/mol. The third-order valence-corrected chi connectivity index (χ3v) is 11.8. The molecule has 0 bridgehead atoms. The Balaban J connectivity index is 1.56. The van der Waals surface area contributed by atoms with E-state index in [4.69, 9.17) is 4.98 Å². The van der Waals surface area contributed by atoms with Crippen LogP contribution in [0.25, 0.3) is 21.2 Å². The van der Waals surface area contributed by atoms with E-state index < -0.39 is 25.4 Å². The summed E-state index contributed by atoms with van der Waals surface area (Å²) in [5.74, 6) is 0.572. The van der Waals surface area contributed by atoms with Gasteiger partial charge < -0.3 is 10.2 Å². The Kier molecular flexibility index (Phi) is 7.99. The van der Waals surface area contributed by atoms with Crippen LogP contribution >= 0.6 is 11.3 Å². The predicted molar refractivity (Wildman–Crippen MR) is 160 cm³/mol. The average Bonchev–Trinajstić information content (AvgIpc) is 3.34. The van der Waals surface area contributed by atoms with Gasteiger partial charge in [-0.05, 0) is 64.3 Å². The number of hydrogen-bond acceptors (Lipinski definition) is 8. The van der Waals surface area contributed by atoms with Crippen molar-refractivity contribution in [1.82, 2.24) is 15.0 Å². The summed E-state index contributed by atoms with van der Waals surface area (Å²) in [6, 6.07) is 10.7. The molecule has 5 rings (SSSR count). The highest BCUT2D eigenvalue weighted by Gasteiger charge is 2.30. The molecule has 40 heavy (non-hydrogen) atoms. The first-order chi connectivity index (χ1) is 18.8. The fourth-order valence-electron chi connectivity index (χ4n) is 5.35. The first-order valence-electron chi connectivity index (χ1n) is 13.7. The highest BCUT2D eigenvalue weighted by atomic mass is 32.2. The van der Waals surface area contributed by atoms with E-state index in [1.807, 2.05) is 51.1 Å². The summed E-state index contributed by atoms with van der Waals surface area (Å²) in [4.78, 5) is 21.4. The van der Waals surface area contributed by atoms with Gasteiger partial charge in [-0.3, -0.25) is 4.79 Å². The van der Waals surface area contributed by atoms with E-state index in [1.54, 1.807) is 6.07 Å². The number of carbonyl (C=O) groups is 1. The highest BCUT2D eigenvalue weighted by Crippen LogP contribution is 2.42. The van der Waals surface area contributed by atoms with Gasteiger partial charge in [-0.1, -0.05) is 30.3 Å². The van der Waals surface area contributed by atoms with E-state index in [9.17, 15) is 21.6 Å². The number of sulfone groups is 1. The lowest BCUT2D eigenvalue weighted by Crippen LogP contribution is -2.40. The smallest absolute Gasteiger partial charge is 0.280 e. The van der Waals surface area contributed by atoms with Gasteiger partial charge in [0.2, 0.25) is 10.0 Å². The van der Waals surface area contributed by atoms with Gasteiger partial charge >= 0.3 is 0 Å². The third kappa shape index (κ3) is 6.35. The van der Waals surface area contributed by atoms with Crippen LogP contribution in [-0.4, -0.2) is 63.9 Å². The number of aromatic nitrogens is 1. The molecule has 3 heterocycles. The summed E-state index contributed by atoms with van der Waals surface area (Å²) in [5, 5.41) is 4.68. The number of benzene rings is 2. The van der Waals surface area contributed by atoms with Crippen molar-refractivity contribution in [1.29, 1.82) is 0 Å². The molecule has 2 aromatic carbocycles. The van der Waals surface area contributed by atoms with Crippen molar-refractivity contribution in [3.05, 3.63) is 41.4 Å². The van der Waals surface area contributed by atoms with Crippen LogP contribution in [0.4, 0.5) is 5.82 Å². The Hall–Kier alpha value is -2.54. The van der Waals surface area contributed by atoms with Crippen LogP contribution in [0.3, 0.4) is 0 Å². The number of nitrogens with one attached hydrogen (secondary N) is 2. The number of anilines is 1. The Morgan fingerprint density at radius 2 is 1.65 bits per heavy atom. The number of amides is 1. The van der Waals surface area contributed by atoms with Gasteiger partial charge in [-0.15, -0.1) is 11.3 Å². The van der Waals surface area contributed by atoms with Gasteiger partial charge in [0.25, 0.3) is 5.91 Å². The van der Waals surface area contributed by atoms with Crippen LogP contribution in [0, 0.1) is 0 Å². The molecule has 12 heteroatoms. The van der Waals surface area contributed by atoms with Crippen molar-refractivity contribution < 1.29 is 21.6 Å². The van der Waals surface area contributed by atoms with Crippen LogP contribution in [0.15, 0.2) is 41.3 Å². The maximum absolute atomic E-state index is 13.3. The van der Waals surface area contributed by atoms with E-state index in [1.165, 1.54) is 11.3 Å². The van der Waals surface area contributed by atoms with E-state index in [2.05, 4.69) is 14.9 Å². The van der Waals surface area contributed by atoms with Crippen molar-refractivity contribution >= 4 is 53.7 Å². The van der Waals surface area contributed by atoms with Crippen LogP contribution in [-0.2, 0) is 19.9 Å². The minimum atomic E-state index is -3.79. The molecule has 0 saturated carbocycles. The fourth-order valence-corrected chi connectivity index (χ4v) is 9.50. The molecule has 0 radical (unpaired) electrons. The molecule has 1 aromatic heterocycles. The minimum absolute atomic E-state index is 0.0748. The molecule has 3 aromatic rings. The summed E-state index contributed by atoms with van der Waals surface area (Å²) in [6.45, 7) is 7.09. The fraction of sp³-hybridized carbons (Fsp3) is 0.500. The maximum Gasteiger partial charge on any atom is 0.280 e. The van der Waals surface area contributed by atoms with Gasteiger partial charge in [0.05, 0.1) is 21.3 Å². The number of thiazole rings is 1. The first-order valence-corrected chi connectivity index (χ1v) is 17.8. The van der Waals surface area contributed by atoms with Crippen molar-refractivity contribution in [2.45, 2.75) is 69.4 Å². The molecule has 1 amide bonds. The Morgan fingerprint density at radius 1 is 1.00 bits per heavy atom. The first kappa shape index (κ1) is 29.0. The lowest BCUT2D eigenvalue weighted by Gasteiger charge is -2.28. The van der Waals surface area contributed by atoms with Crippen molar-refractivity contribution in [2.24, 2.45) is 0 Å². The van der Waals surface area contributed by atoms with Crippen LogP contribution in [0.1, 0.15) is 62.7 Å². The molecule has 2 N–H and O–H groups in total. The second-order valence-corrected chi connectivity index (χ2v) is 16.6. The van der Waals surface area contributed by atoms with Gasteiger partial charge in [0.15, 0.2) is 5.01 Å². The topological polar surface area (TPSA) is 126 Å². The molecule has 0 atom stereocenters. The van der Waals surface area contributed by atoms with Crippen LogP contribution in [0.5, 0.6) is 0 Å². The van der Waals surface area contributed by atoms with Gasteiger partial charge in [0, 0.05) is 35.6 Å². The van der Waals surface area contributed by atoms with Crippen molar-refractivity contribution in [3.63, 3.8) is 0 Å². The van der Waals surface area contributed by atoms with Gasteiger partial charge in [-0.25, -0.2) is 26.5 Å². The largest absolute Gasteiger partial charge is 0.355 e. The molecule has 2 aliphatic rings. The van der Waals surface area contributed by atoms with E-state index in [-0.39, 0.29) is 28.4 Å².